The van der Waals surface area contributed by atoms with Gasteiger partial charge in [-0.2, -0.15) is 4.31 Å². The van der Waals surface area contributed by atoms with Gasteiger partial charge in [-0.3, -0.25) is 4.79 Å². The van der Waals surface area contributed by atoms with Gasteiger partial charge < -0.3 is 4.90 Å². The Hall–Kier alpha value is -2.25. The standard InChI is InChI=1S/C21H25FN2O3S/c1-16-6-3-4-13-24(16)28(26,27)20-8-5-7-18(14-20)21(25)23(2)15-17-9-11-19(22)12-10-17/h5,7-12,14,16H,3-4,6,13,15H2,1-2H3. The molecule has 0 radical (unpaired) electrons. The second-order valence-corrected chi connectivity index (χ2v) is 9.17. The molecule has 0 spiro atoms. The zero-order valence-corrected chi connectivity index (χ0v) is 17.0. The van der Waals surface area contributed by atoms with E-state index in [1.54, 1.807) is 31.3 Å². The number of sulfonamides is 1. The summed E-state index contributed by atoms with van der Waals surface area (Å²) in [7, 11) is -2.00. The molecule has 2 aromatic rings. The van der Waals surface area contributed by atoms with Gasteiger partial charge in [0.05, 0.1) is 4.90 Å². The van der Waals surface area contributed by atoms with Crippen molar-refractivity contribution < 1.29 is 17.6 Å². The molecule has 1 atom stereocenters. The summed E-state index contributed by atoms with van der Waals surface area (Å²) < 4.78 is 40.6. The molecule has 1 fully saturated rings. The van der Waals surface area contributed by atoms with Crippen LogP contribution in [0.4, 0.5) is 4.39 Å². The Kier molecular flexibility index (Phi) is 6.15. The first kappa shape index (κ1) is 20.5. The summed E-state index contributed by atoms with van der Waals surface area (Å²) in [5, 5.41) is 0. The quantitative estimate of drug-likeness (QED) is 0.764. The number of hydrogen-bond acceptors (Lipinski definition) is 3. The van der Waals surface area contributed by atoms with Crippen LogP contribution in [0, 0.1) is 5.82 Å². The molecule has 2 aromatic carbocycles. The van der Waals surface area contributed by atoms with E-state index in [9.17, 15) is 17.6 Å². The maximum Gasteiger partial charge on any atom is 0.253 e. The van der Waals surface area contributed by atoms with Gasteiger partial charge in [0.1, 0.15) is 5.82 Å². The Morgan fingerprint density at radius 2 is 1.89 bits per heavy atom. The second-order valence-electron chi connectivity index (χ2n) is 7.28. The van der Waals surface area contributed by atoms with Crippen molar-refractivity contribution in [3.63, 3.8) is 0 Å². The van der Waals surface area contributed by atoms with Crippen LogP contribution in [0.5, 0.6) is 0 Å². The van der Waals surface area contributed by atoms with E-state index in [1.165, 1.54) is 33.5 Å². The topological polar surface area (TPSA) is 57.7 Å². The molecule has 7 heteroatoms. The lowest BCUT2D eigenvalue weighted by atomic mass is 10.1. The van der Waals surface area contributed by atoms with Crippen molar-refractivity contribution in [3.05, 3.63) is 65.5 Å². The maximum atomic E-state index is 13.0. The van der Waals surface area contributed by atoms with E-state index >= 15 is 0 Å². The number of piperidine rings is 1. The highest BCUT2D eigenvalue weighted by Gasteiger charge is 2.31. The Morgan fingerprint density at radius 3 is 2.57 bits per heavy atom. The van der Waals surface area contributed by atoms with E-state index in [0.29, 0.717) is 18.7 Å². The molecule has 0 saturated carbocycles. The van der Waals surface area contributed by atoms with Gasteiger partial charge in [-0.1, -0.05) is 24.6 Å². The average Bonchev–Trinajstić information content (AvgIpc) is 2.69. The van der Waals surface area contributed by atoms with Gasteiger partial charge in [-0.05, 0) is 55.7 Å². The summed E-state index contributed by atoms with van der Waals surface area (Å²) >= 11 is 0. The monoisotopic (exact) mass is 404 g/mol. The SMILES string of the molecule is CC1CCCCN1S(=O)(=O)c1cccc(C(=O)N(C)Cc2ccc(F)cc2)c1. The van der Waals surface area contributed by atoms with E-state index in [1.807, 2.05) is 6.92 Å². The number of benzene rings is 2. The summed E-state index contributed by atoms with van der Waals surface area (Å²) in [6.07, 6.45) is 2.72. The first-order valence-corrected chi connectivity index (χ1v) is 10.8. The van der Waals surface area contributed by atoms with Crippen molar-refractivity contribution in [2.75, 3.05) is 13.6 Å². The van der Waals surface area contributed by atoms with Crippen molar-refractivity contribution in [1.82, 2.24) is 9.21 Å². The molecule has 3 rings (SSSR count). The van der Waals surface area contributed by atoms with E-state index in [4.69, 9.17) is 0 Å². The zero-order valence-electron chi connectivity index (χ0n) is 16.1. The summed E-state index contributed by atoms with van der Waals surface area (Å²) in [4.78, 5) is 14.4. The fraction of sp³-hybridized carbons (Fsp3) is 0.381. The van der Waals surface area contributed by atoms with Gasteiger partial charge in [-0.15, -0.1) is 0 Å². The molecular formula is C21H25FN2O3S. The molecule has 150 valence electrons. The highest BCUT2D eigenvalue weighted by Crippen LogP contribution is 2.25. The van der Waals surface area contributed by atoms with Gasteiger partial charge in [0.25, 0.3) is 5.91 Å². The number of carbonyl (C=O) groups is 1. The number of nitrogens with zero attached hydrogens (tertiary/aromatic N) is 2. The fourth-order valence-electron chi connectivity index (χ4n) is 3.51. The smallest absolute Gasteiger partial charge is 0.253 e. The summed E-state index contributed by atoms with van der Waals surface area (Å²) in [6, 6.07) is 12.1. The second kappa shape index (κ2) is 8.41. The van der Waals surface area contributed by atoms with Crippen molar-refractivity contribution in [3.8, 4) is 0 Å². The molecule has 1 aliphatic rings. The highest BCUT2D eigenvalue weighted by atomic mass is 32.2. The van der Waals surface area contributed by atoms with Crippen LogP contribution in [0.3, 0.4) is 0 Å². The van der Waals surface area contributed by atoms with Gasteiger partial charge >= 0.3 is 0 Å². The first-order valence-electron chi connectivity index (χ1n) is 9.41. The molecule has 1 amide bonds. The van der Waals surface area contributed by atoms with Crippen LogP contribution in [0.15, 0.2) is 53.4 Å². The van der Waals surface area contributed by atoms with Crippen LogP contribution in [0.2, 0.25) is 0 Å². The minimum absolute atomic E-state index is 0.0424. The highest BCUT2D eigenvalue weighted by molar-refractivity contribution is 7.89. The lowest BCUT2D eigenvalue weighted by Crippen LogP contribution is -2.42. The summed E-state index contributed by atoms with van der Waals surface area (Å²) in [5.74, 6) is -0.615. The molecule has 0 aliphatic carbocycles. The molecule has 0 aromatic heterocycles. The molecule has 1 saturated heterocycles. The third-order valence-corrected chi connectivity index (χ3v) is 7.12. The van der Waals surface area contributed by atoms with Crippen LogP contribution in [0.1, 0.15) is 42.1 Å². The molecule has 1 heterocycles. The van der Waals surface area contributed by atoms with E-state index in [2.05, 4.69) is 0 Å². The molecule has 0 bridgehead atoms. The summed E-state index contributed by atoms with van der Waals surface area (Å²) in [5.41, 5.74) is 1.11. The molecule has 1 aliphatic heterocycles. The fourth-order valence-corrected chi connectivity index (χ4v) is 5.26. The molecule has 28 heavy (non-hydrogen) atoms. The van der Waals surface area contributed by atoms with Crippen molar-refractivity contribution >= 4 is 15.9 Å². The predicted molar refractivity (Wildman–Crippen MR) is 106 cm³/mol. The largest absolute Gasteiger partial charge is 0.337 e. The van der Waals surface area contributed by atoms with Gasteiger partial charge in [0.15, 0.2) is 0 Å². The number of rotatable bonds is 5. The van der Waals surface area contributed by atoms with Crippen LogP contribution in [0.25, 0.3) is 0 Å². The van der Waals surface area contributed by atoms with Crippen LogP contribution in [-0.4, -0.2) is 43.2 Å². The van der Waals surface area contributed by atoms with E-state index in [-0.39, 0.29) is 22.7 Å². The lowest BCUT2D eigenvalue weighted by Gasteiger charge is -2.32. The van der Waals surface area contributed by atoms with Crippen molar-refractivity contribution in [2.45, 2.75) is 43.7 Å². The minimum atomic E-state index is -3.64. The Morgan fingerprint density at radius 1 is 1.18 bits per heavy atom. The van der Waals surface area contributed by atoms with E-state index < -0.39 is 10.0 Å². The predicted octanol–water partition coefficient (Wildman–Crippen LogP) is 3.66. The Labute approximate surface area is 165 Å². The van der Waals surface area contributed by atoms with Crippen LogP contribution < -0.4 is 0 Å². The molecule has 5 nitrogen and oxygen atoms in total. The zero-order chi connectivity index (χ0) is 20.3. The minimum Gasteiger partial charge on any atom is -0.337 e. The van der Waals surface area contributed by atoms with Gasteiger partial charge in [0.2, 0.25) is 10.0 Å². The average molecular weight is 405 g/mol. The van der Waals surface area contributed by atoms with Crippen molar-refractivity contribution in [2.24, 2.45) is 0 Å². The number of halogens is 1. The third kappa shape index (κ3) is 4.42. The molecular weight excluding hydrogens is 379 g/mol. The van der Waals surface area contributed by atoms with Gasteiger partial charge in [0, 0.05) is 31.7 Å². The van der Waals surface area contributed by atoms with Crippen LogP contribution >= 0.6 is 0 Å². The number of amides is 1. The maximum absolute atomic E-state index is 13.0. The molecule has 0 N–H and O–H groups in total. The number of carbonyl (C=O) groups excluding carboxylic acids is 1. The normalized spacial score (nSPS) is 18.0. The van der Waals surface area contributed by atoms with Crippen LogP contribution in [-0.2, 0) is 16.6 Å². The summed E-state index contributed by atoms with van der Waals surface area (Å²) in [6.45, 7) is 2.73. The third-order valence-electron chi connectivity index (χ3n) is 5.11. The van der Waals surface area contributed by atoms with Crippen molar-refractivity contribution in [1.29, 1.82) is 0 Å². The Bertz CT molecular complexity index is 944. The van der Waals surface area contributed by atoms with Gasteiger partial charge in [-0.25, -0.2) is 12.8 Å². The van der Waals surface area contributed by atoms with E-state index in [0.717, 1.165) is 24.8 Å². The Balaban J connectivity index is 1.80. The lowest BCUT2D eigenvalue weighted by molar-refractivity contribution is 0.0785. The molecule has 1 unspecified atom stereocenters. The number of hydrogen-bond donors (Lipinski definition) is 0. The first-order chi connectivity index (χ1) is 13.3.